The molecule has 0 saturated carbocycles. The molecule has 0 spiro atoms. The van der Waals surface area contributed by atoms with Crippen LogP contribution >= 0.6 is 0 Å². The average Bonchev–Trinajstić information content (AvgIpc) is 3.26. The van der Waals surface area contributed by atoms with Crippen LogP contribution in [-0.4, -0.2) is 16.0 Å². The fourth-order valence-corrected chi connectivity index (χ4v) is 3.51. The van der Waals surface area contributed by atoms with E-state index in [4.69, 9.17) is 0 Å². The Morgan fingerprint density at radius 2 is 1.73 bits per heavy atom. The molecule has 26 heavy (non-hydrogen) atoms. The number of imidazole rings is 1. The summed E-state index contributed by atoms with van der Waals surface area (Å²) in [7, 11) is 0. The van der Waals surface area contributed by atoms with Crippen molar-refractivity contribution in [3.8, 4) is 0 Å². The van der Waals surface area contributed by atoms with Gasteiger partial charge in [0.15, 0.2) is 0 Å². The minimum absolute atomic E-state index is 0.227. The Balaban J connectivity index is 1.43. The van der Waals surface area contributed by atoms with E-state index in [0.29, 0.717) is 5.92 Å². The van der Waals surface area contributed by atoms with Gasteiger partial charge in [-0.15, -0.1) is 0 Å². The lowest BCUT2D eigenvalue weighted by Gasteiger charge is -2.10. The highest BCUT2D eigenvalue weighted by Crippen LogP contribution is 2.34. The first-order chi connectivity index (χ1) is 12.6. The number of nitrogens with zero attached hydrogens (tertiary/aromatic N) is 1. The van der Waals surface area contributed by atoms with Crippen LogP contribution in [0, 0.1) is 13.8 Å². The maximum absolute atomic E-state index is 12.3. The monoisotopic (exact) mass is 346 g/mol. The predicted molar refractivity (Wildman–Crippen MR) is 104 cm³/mol. The summed E-state index contributed by atoms with van der Waals surface area (Å²) in [6.07, 6.45) is 5.64. The molecule has 0 aliphatic heterocycles. The molecule has 0 radical (unpaired) electrons. The number of aryl methyl sites for hydroxylation is 2. The Bertz CT molecular complexity index is 947. The van der Waals surface area contributed by atoms with Gasteiger partial charge in [-0.25, -0.2) is 9.78 Å². The number of nitrogens with one attached hydrogen (secondary N) is 3. The van der Waals surface area contributed by atoms with Gasteiger partial charge in [0.05, 0.1) is 12.0 Å². The lowest BCUT2D eigenvalue weighted by molar-refractivity contribution is 0.262. The van der Waals surface area contributed by atoms with Crippen LogP contribution in [0.3, 0.4) is 0 Å². The summed E-state index contributed by atoms with van der Waals surface area (Å²) in [5.41, 5.74) is 7.69. The molecule has 1 aliphatic carbocycles. The maximum Gasteiger partial charge on any atom is 0.323 e. The van der Waals surface area contributed by atoms with Crippen LogP contribution in [-0.2, 0) is 12.8 Å². The molecular formula is C21H22N4O. The second-order valence-electron chi connectivity index (χ2n) is 6.96. The number of amides is 2. The predicted octanol–water partition coefficient (Wildman–Crippen LogP) is 4.55. The van der Waals surface area contributed by atoms with Gasteiger partial charge in [0.25, 0.3) is 0 Å². The van der Waals surface area contributed by atoms with E-state index in [1.807, 2.05) is 37.4 Å². The summed E-state index contributed by atoms with van der Waals surface area (Å²) in [6, 6.07) is 11.8. The number of aromatic amines is 1. The second-order valence-corrected chi connectivity index (χ2v) is 6.96. The Hall–Kier alpha value is -3.08. The number of urea groups is 1. The molecule has 0 fully saturated rings. The van der Waals surface area contributed by atoms with E-state index < -0.39 is 0 Å². The topological polar surface area (TPSA) is 69.8 Å². The average molecular weight is 346 g/mol. The van der Waals surface area contributed by atoms with Crippen molar-refractivity contribution in [3.05, 3.63) is 76.9 Å². The normalized spacial score (nSPS) is 15.5. The second kappa shape index (κ2) is 6.67. The molecule has 1 heterocycles. The lowest BCUT2D eigenvalue weighted by Crippen LogP contribution is -2.19. The summed E-state index contributed by atoms with van der Waals surface area (Å²) >= 11 is 0. The van der Waals surface area contributed by atoms with Crippen LogP contribution in [0.15, 0.2) is 48.9 Å². The number of hydrogen-bond acceptors (Lipinski definition) is 2. The highest BCUT2D eigenvalue weighted by molar-refractivity contribution is 5.99. The van der Waals surface area contributed by atoms with Crippen LogP contribution < -0.4 is 10.6 Å². The molecule has 1 aliphatic rings. The van der Waals surface area contributed by atoms with Gasteiger partial charge in [0, 0.05) is 23.5 Å². The molecule has 4 rings (SSSR count). The molecular weight excluding hydrogens is 324 g/mol. The molecule has 1 atom stereocenters. The van der Waals surface area contributed by atoms with E-state index in [0.717, 1.165) is 35.5 Å². The largest absolute Gasteiger partial charge is 0.351 e. The van der Waals surface area contributed by atoms with Crippen molar-refractivity contribution in [2.75, 3.05) is 10.6 Å². The number of rotatable bonds is 3. The standard InChI is InChI=1S/C21H22N4O/c1-13-3-5-18(7-14(13)2)24-21(26)25-19-6-4-15-8-17(9-16(15)10-19)20-11-22-12-23-20/h3-7,10-12,17H,8-9H2,1-2H3,(H,22,23)(H2,24,25,26). The molecule has 1 unspecified atom stereocenters. The Morgan fingerprint density at radius 3 is 2.46 bits per heavy atom. The zero-order chi connectivity index (χ0) is 18.1. The van der Waals surface area contributed by atoms with Gasteiger partial charge in [-0.3, -0.25) is 0 Å². The number of fused-ring (bicyclic) bond motifs is 1. The quantitative estimate of drug-likeness (QED) is 0.651. The zero-order valence-electron chi connectivity index (χ0n) is 15.0. The smallest absolute Gasteiger partial charge is 0.323 e. The molecule has 5 nitrogen and oxygen atoms in total. The fourth-order valence-electron chi connectivity index (χ4n) is 3.51. The van der Waals surface area contributed by atoms with Gasteiger partial charge in [-0.2, -0.15) is 0 Å². The van der Waals surface area contributed by atoms with Crippen molar-refractivity contribution >= 4 is 17.4 Å². The fraction of sp³-hybridized carbons (Fsp3) is 0.238. The number of anilines is 2. The van der Waals surface area contributed by atoms with Gasteiger partial charge in [-0.05, 0) is 73.2 Å². The molecule has 2 aromatic carbocycles. The van der Waals surface area contributed by atoms with Crippen LogP contribution in [0.5, 0.6) is 0 Å². The van der Waals surface area contributed by atoms with Gasteiger partial charge in [0.2, 0.25) is 0 Å². The number of H-pyrrole nitrogens is 1. The molecule has 0 saturated heterocycles. The Morgan fingerprint density at radius 1 is 1.00 bits per heavy atom. The van der Waals surface area contributed by atoms with E-state index in [1.165, 1.54) is 16.7 Å². The summed E-state index contributed by atoms with van der Waals surface area (Å²) in [6.45, 7) is 4.09. The van der Waals surface area contributed by atoms with Crippen molar-refractivity contribution < 1.29 is 4.79 Å². The Kier molecular flexibility index (Phi) is 4.21. The van der Waals surface area contributed by atoms with Crippen LogP contribution in [0.1, 0.15) is 33.9 Å². The number of carbonyl (C=O) groups is 1. The van der Waals surface area contributed by atoms with E-state index in [2.05, 4.69) is 39.7 Å². The molecule has 1 aromatic heterocycles. The number of benzene rings is 2. The first-order valence-electron chi connectivity index (χ1n) is 8.84. The third kappa shape index (κ3) is 3.33. The summed E-state index contributed by atoms with van der Waals surface area (Å²) in [4.78, 5) is 19.7. The van der Waals surface area contributed by atoms with Gasteiger partial charge in [0.1, 0.15) is 0 Å². The minimum Gasteiger partial charge on any atom is -0.351 e. The number of hydrogen-bond donors (Lipinski definition) is 3. The van der Waals surface area contributed by atoms with Crippen molar-refractivity contribution in [2.24, 2.45) is 0 Å². The SMILES string of the molecule is Cc1ccc(NC(=O)Nc2ccc3c(c2)CC(c2c[nH]cn2)C3)cc1C. The third-order valence-electron chi connectivity index (χ3n) is 5.10. The van der Waals surface area contributed by atoms with E-state index in [-0.39, 0.29) is 6.03 Å². The van der Waals surface area contributed by atoms with Crippen molar-refractivity contribution in [3.63, 3.8) is 0 Å². The summed E-state index contributed by atoms with van der Waals surface area (Å²) < 4.78 is 0. The number of carbonyl (C=O) groups excluding carboxylic acids is 1. The van der Waals surface area contributed by atoms with Crippen molar-refractivity contribution in [1.29, 1.82) is 0 Å². The molecule has 2 amide bonds. The number of aromatic nitrogens is 2. The summed E-state index contributed by atoms with van der Waals surface area (Å²) in [5, 5.41) is 5.83. The molecule has 132 valence electrons. The van der Waals surface area contributed by atoms with Gasteiger partial charge in [-0.1, -0.05) is 12.1 Å². The van der Waals surface area contributed by atoms with Gasteiger partial charge < -0.3 is 15.6 Å². The van der Waals surface area contributed by atoms with Crippen LogP contribution in [0.25, 0.3) is 0 Å². The third-order valence-corrected chi connectivity index (χ3v) is 5.10. The molecule has 5 heteroatoms. The molecule has 3 N–H and O–H groups in total. The summed E-state index contributed by atoms with van der Waals surface area (Å²) in [5.74, 6) is 0.413. The minimum atomic E-state index is -0.227. The lowest BCUT2D eigenvalue weighted by atomic mass is 10.0. The zero-order valence-corrected chi connectivity index (χ0v) is 15.0. The first kappa shape index (κ1) is 16.4. The molecule has 0 bridgehead atoms. The van der Waals surface area contributed by atoms with Crippen LogP contribution in [0.2, 0.25) is 0 Å². The van der Waals surface area contributed by atoms with Crippen molar-refractivity contribution in [2.45, 2.75) is 32.6 Å². The first-order valence-corrected chi connectivity index (χ1v) is 8.84. The van der Waals surface area contributed by atoms with Crippen molar-refractivity contribution in [1.82, 2.24) is 9.97 Å². The highest BCUT2D eigenvalue weighted by Gasteiger charge is 2.24. The van der Waals surface area contributed by atoms with Crippen LogP contribution in [0.4, 0.5) is 16.2 Å². The van der Waals surface area contributed by atoms with E-state index >= 15 is 0 Å². The Labute approximate surface area is 152 Å². The highest BCUT2D eigenvalue weighted by atomic mass is 16.2. The van der Waals surface area contributed by atoms with E-state index in [9.17, 15) is 4.79 Å². The van der Waals surface area contributed by atoms with Gasteiger partial charge >= 0.3 is 6.03 Å². The van der Waals surface area contributed by atoms with E-state index in [1.54, 1.807) is 6.33 Å². The molecule has 3 aromatic rings. The maximum atomic E-state index is 12.3.